The molecular formula is C17H10N4O2S. The van der Waals surface area contributed by atoms with Gasteiger partial charge in [-0.15, -0.1) is 11.3 Å². The maximum Gasteiger partial charge on any atom is 0.276 e. The van der Waals surface area contributed by atoms with E-state index in [0.29, 0.717) is 10.6 Å². The average Bonchev–Trinajstić information content (AvgIpc) is 3.10. The Kier molecular flexibility index (Phi) is 4.40. The summed E-state index contributed by atoms with van der Waals surface area (Å²) < 4.78 is 0. The Labute approximate surface area is 141 Å². The lowest BCUT2D eigenvalue weighted by atomic mass is 10.1. The third-order valence-electron chi connectivity index (χ3n) is 3.26. The molecule has 24 heavy (non-hydrogen) atoms. The number of nitro benzene ring substituents is 1. The number of thiazole rings is 1. The van der Waals surface area contributed by atoms with E-state index in [0.717, 1.165) is 11.3 Å². The highest BCUT2D eigenvalue weighted by atomic mass is 32.1. The van der Waals surface area contributed by atoms with Gasteiger partial charge in [0.1, 0.15) is 11.1 Å². The number of rotatable bonds is 4. The number of hydrogen-bond acceptors (Lipinski definition) is 6. The highest BCUT2D eigenvalue weighted by Gasteiger charge is 2.14. The lowest BCUT2D eigenvalue weighted by Gasteiger charge is -1.98. The van der Waals surface area contributed by atoms with Crippen LogP contribution < -0.4 is 0 Å². The van der Waals surface area contributed by atoms with Crippen LogP contribution in [0.3, 0.4) is 0 Å². The van der Waals surface area contributed by atoms with Gasteiger partial charge in [-0.05, 0) is 24.3 Å². The van der Waals surface area contributed by atoms with E-state index in [2.05, 4.69) is 16.0 Å². The fourth-order valence-corrected chi connectivity index (χ4v) is 2.92. The molecule has 0 bridgehead atoms. The minimum atomic E-state index is -0.467. The highest BCUT2D eigenvalue weighted by Crippen LogP contribution is 2.28. The molecular weight excluding hydrogens is 324 g/mol. The smallest absolute Gasteiger partial charge is 0.265 e. The summed E-state index contributed by atoms with van der Waals surface area (Å²) in [5, 5.41) is 22.9. The topological polar surface area (TPSA) is 92.7 Å². The van der Waals surface area contributed by atoms with Gasteiger partial charge in [-0.25, -0.2) is 4.98 Å². The van der Waals surface area contributed by atoms with Crippen LogP contribution in [0, 0.1) is 21.4 Å². The number of allylic oxidation sites excluding steroid dienone is 1. The maximum atomic E-state index is 11.1. The van der Waals surface area contributed by atoms with Crippen LogP contribution in [0.25, 0.3) is 22.9 Å². The summed E-state index contributed by atoms with van der Waals surface area (Å²) in [6, 6.07) is 12.0. The number of para-hydroxylation sites is 1. The molecule has 0 aliphatic rings. The zero-order valence-corrected chi connectivity index (χ0v) is 13.1. The quantitative estimate of drug-likeness (QED) is 0.405. The van der Waals surface area contributed by atoms with Crippen molar-refractivity contribution in [3.05, 3.63) is 74.9 Å². The first-order chi connectivity index (χ1) is 11.7. The molecule has 0 amide bonds. The van der Waals surface area contributed by atoms with Crippen molar-refractivity contribution >= 4 is 28.7 Å². The zero-order valence-electron chi connectivity index (χ0n) is 12.3. The standard InChI is InChI=1S/C17H10N4O2S/c18-10-14(9-13-3-1-2-4-16(13)21(22)23)17-20-15(11-24-17)12-5-7-19-8-6-12/h1-9,11H. The molecule has 116 valence electrons. The molecule has 2 heterocycles. The Hall–Kier alpha value is -3.37. The second-order valence-corrected chi connectivity index (χ2v) is 5.62. The molecule has 0 fully saturated rings. The van der Waals surface area contributed by atoms with Gasteiger partial charge in [-0.2, -0.15) is 5.26 Å². The number of nitriles is 1. The zero-order chi connectivity index (χ0) is 16.9. The van der Waals surface area contributed by atoms with Gasteiger partial charge >= 0.3 is 0 Å². The van der Waals surface area contributed by atoms with Crippen LogP contribution in [0.15, 0.2) is 54.2 Å². The number of benzene rings is 1. The largest absolute Gasteiger partial charge is 0.276 e. The van der Waals surface area contributed by atoms with E-state index in [1.165, 1.54) is 23.5 Å². The third-order valence-corrected chi connectivity index (χ3v) is 4.14. The molecule has 6 nitrogen and oxygen atoms in total. The predicted molar refractivity (Wildman–Crippen MR) is 91.9 cm³/mol. The molecule has 2 aromatic heterocycles. The Morgan fingerprint density at radius 2 is 2.00 bits per heavy atom. The Balaban J connectivity index is 2.01. The molecule has 3 aromatic rings. The van der Waals surface area contributed by atoms with Crippen LogP contribution in [-0.2, 0) is 0 Å². The predicted octanol–water partition coefficient (Wildman–Crippen LogP) is 4.18. The first kappa shape index (κ1) is 15.5. The SMILES string of the molecule is N#CC(=Cc1ccccc1[N+](=O)[O-])c1nc(-c2ccncc2)cs1. The van der Waals surface area contributed by atoms with Gasteiger partial charge in [-0.3, -0.25) is 15.1 Å². The summed E-state index contributed by atoms with van der Waals surface area (Å²) in [5.74, 6) is 0. The van der Waals surface area contributed by atoms with Crippen LogP contribution in [0.2, 0.25) is 0 Å². The second-order valence-electron chi connectivity index (χ2n) is 4.76. The highest BCUT2D eigenvalue weighted by molar-refractivity contribution is 7.11. The number of nitrogens with zero attached hydrogens (tertiary/aromatic N) is 4. The average molecular weight is 334 g/mol. The minimum absolute atomic E-state index is 0.0452. The Bertz CT molecular complexity index is 958. The summed E-state index contributed by atoms with van der Waals surface area (Å²) in [7, 11) is 0. The molecule has 0 unspecified atom stereocenters. The van der Waals surface area contributed by atoms with E-state index in [1.54, 1.807) is 30.6 Å². The van der Waals surface area contributed by atoms with Gasteiger partial charge in [0.05, 0.1) is 21.8 Å². The van der Waals surface area contributed by atoms with Gasteiger partial charge in [0, 0.05) is 29.4 Å². The van der Waals surface area contributed by atoms with Crippen molar-refractivity contribution in [3.8, 4) is 17.3 Å². The van der Waals surface area contributed by atoms with Gasteiger partial charge in [0.25, 0.3) is 5.69 Å². The maximum absolute atomic E-state index is 11.1. The van der Waals surface area contributed by atoms with Crippen molar-refractivity contribution in [3.63, 3.8) is 0 Å². The molecule has 0 radical (unpaired) electrons. The molecule has 0 N–H and O–H groups in total. The van der Waals surface area contributed by atoms with Crippen LogP contribution >= 0.6 is 11.3 Å². The molecule has 7 heteroatoms. The van der Waals surface area contributed by atoms with Crippen LogP contribution in [0.4, 0.5) is 5.69 Å². The van der Waals surface area contributed by atoms with Gasteiger partial charge < -0.3 is 0 Å². The van der Waals surface area contributed by atoms with E-state index < -0.39 is 4.92 Å². The molecule has 1 aromatic carbocycles. The summed E-state index contributed by atoms with van der Waals surface area (Å²) in [4.78, 5) is 19.0. The fourth-order valence-electron chi connectivity index (χ4n) is 2.13. The third kappa shape index (κ3) is 3.19. The lowest BCUT2D eigenvalue weighted by molar-refractivity contribution is -0.385. The fraction of sp³-hybridized carbons (Fsp3) is 0. The van der Waals surface area contributed by atoms with Gasteiger partial charge in [0.15, 0.2) is 0 Å². The molecule has 3 rings (SSSR count). The van der Waals surface area contributed by atoms with Crippen molar-refractivity contribution < 1.29 is 4.92 Å². The molecule has 0 saturated carbocycles. The molecule has 0 atom stereocenters. The number of nitro groups is 1. The molecule has 0 spiro atoms. The Morgan fingerprint density at radius 3 is 2.71 bits per heavy atom. The number of aromatic nitrogens is 2. The van der Waals surface area contributed by atoms with Gasteiger partial charge in [0.2, 0.25) is 0 Å². The number of pyridine rings is 1. The molecule has 0 aliphatic heterocycles. The van der Waals surface area contributed by atoms with Gasteiger partial charge in [-0.1, -0.05) is 12.1 Å². The first-order valence-corrected chi connectivity index (χ1v) is 7.78. The lowest BCUT2D eigenvalue weighted by Crippen LogP contribution is -1.91. The van der Waals surface area contributed by atoms with Crippen molar-refractivity contribution in [2.24, 2.45) is 0 Å². The Morgan fingerprint density at radius 1 is 1.25 bits per heavy atom. The van der Waals surface area contributed by atoms with E-state index in [1.807, 2.05) is 17.5 Å². The summed E-state index contributed by atoms with van der Waals surface area (Å²) in [5.41, 5.74) is 2.25. The van der Waals surface area contributed by atoms with E-state index in [9.17, 15) is 15.4 Å². The van der Waals surface area contributed by atoms with E-state index in [-0.39, 0.29) is 11.3 Å². The summed E-state index contributed by atoms with van der Waals surface area (Å²) in [6.45, 7) is 0. The monoisotopic (exact) mass is 334 g/mol. The van der Waals surface area contributed by atoms with Crippen LogP contribution in [0.5, 0.6) is 0 Å². The van der Waals surface area contributed by atoms with Crippen molar-refractivity contribution in [1.82, 2.24) is 9.97 Å². The normalized spacial score (nSPS) is 11.0. The minimum Gasteiger partial charge on any atom is -0.265 e. The molecule has 0 aliphatic carbocycles. The summed E-state index contributed by atoms with van der Waals surface area (Å²) in [6.07, 6.45) is 4.83. The van der Waals surface area contributed by atoms with E-state index >= 15 is 0 Å². The van der Waals surface area contributed by atoms with E-state index in [4.69, 9.17) is 0 Å². The molecule has 0 saturated heterocycles. The second kappa shape index (κ2) is 6.81. The van der Waals surface area contributed by atoms with Crippen molar-refractivity contribution in [2.75, 3.05) is 0 Å². The van der Waals surface area contributed by atoms with Crippen LogP contribution in [-0.4, -0.2) is 14.9 Å². The van der Waals surface area contributed by atoms with Crippen LogP contribution in [0.1, 0.15) is 10.6 Å². The summed E-state index contributed by atoms with van der Waals surface area (Å²) >= 11 is 1.32. The van der Waals surface area contributed by atoms with Crippen molar-refractivity contribution in [2.45, 2.75) is 0 Å². The number of hydrogen-bond donors (Lipinski definition) is 0. The first-order valence-electron chi connectivity index (χ1n) is 6.90. The van der Waals surface area contributed by atoms with Crippen molar-refractivity contribution in [1.29, 1.82) is 5.26 Å².